The quantitative estimate of drug-likeness (QED) is 0.822. The summed E-state index contributed by atoms with van der Waals surface area (Å²) in [5.74, 6) is 0.968. The van der Waals surface area contributed by atoms with Gasteiger partial charge in [-0.15, -0.1) is 12.4 Å². The van der Waals surface area contributed by atoms with Crippen LogP contribution >= 0.6 is 12.4 Å². The van der Waals surface area contributed by atoms with E-state index in [0.717, 1.165) is 56.7 Å². The second kappa shape index (κ2) is 9.67. The molecule has 0 bridgehead atoms. The molecule has 1 amide bonds. The first-order valence-electron chi connectivity index (χ1n) is 8.25. The molecule has 1 aromatic heterocycles. The second-order valence-corrected chi connectivity index (χ2v) is 5.89. The lowest BCUT2D eigenvalue weighted by atomic mass is 10.0. The molecule has 0 aromatic carbocycles. The molecule has 1 saturated heterocycles. The van der Waals surface area contributed by atoms with Gasteiger partial charge >= 0.3 is 0 Å². The van der Waals surface area contributed by atoms with Crippen molar-refractivity contribution in [3.8, 4) is 0 Å². The summed E-state index contributed by atoms with van der Waals surface area (Å²) in [7, 11) is 0. The minimum atomic E-state index is -0.378. The molecule has 7 heteroatoms. The molecule has 0 saturated carbocycles. The number of nitrogens with two attached hydrogens (primary N) is 1. The van der Waals surface area contributed by atoms with E-state index < -0.39 is 0 Å². The second-order valence-electron chi connectivity index (χ2n) is 5.89. The summed E-state index contributed by atoms with van der Waals surface area (Å²) >= 11 is 0. The number of piperidine rings is 1. The van der Waals surface area contributed by atoms with E-state index in [1.54, 1.807) is 6.33 Å². The molecule has 0 radical (unpaired) electrons. The average molecular weight is 342 g/mol. The van der Waals surface area contributed by atoms with Crippen LogP contribution in [0.2, 0.25) is 0 Å². The largest absolute Gasteiger partial charge is 0.356 e. The lowest BCUT2D eigenvalue weighted by molar-refractivity contribution is -0.123. The number of rotatable bonds is 6. The van der Waals surface area contributed by atoms with Crippen molar-refractivity contribution in [1.29, 1.82) is 0 Å². The Kier molecular flexibility index (Phi) is 8.26. The van der Waals surface area contributed by atoms with Crippen LogP contribution in [-0.2, 0) is 11.2 Å². The fraction of sp³-hybridized carbons (Fsp3) is 0.688. The minimum absolute atomic E-state index is 0. The molecule has 1 aliphatic heterocycles. The van der Waals surface area contributed by atoms with Gasteiger partial charge in [0.25, 0.3) is 0 Å². The van der Waals surface area contributed by atoms with Crippen LogP contribution in [0, 0.1) is 0 Å². The van der Waals surface area contributed by atoms with Gasteiger partial charge in [0.1, 0.15) is 12.1 Å². The van der Waals surface area contributed by atoms with Gasteiger partial charge in [0.15, 0.2) is 0 Å². The van der Waals surface area contributed by atoms with Crippen molar-refractivity contribution in [2.45, 2.75) is 58.0 Å². The van der Waals surface area contributed by atoms with Crippen LogP contribution in [0.25, 0.3) is 0 Å². The summed E-state index contributed by atoms with van der Waals surface area (Å²) < 4.78 is 0. The molecule has 130 valence electrons. The Morgan fingerprint density at radius 2 is 2.09 bits per heavy atom. The third kappa shape index (κ3) is 5.62. The van der Waals surface area contributed by atoms with E-state index in [1.807, 2.05) is 6.92 Å². The third-order valence-corrected chi connectivity index (χ3v) is 4.17. The van der Waals surface area contributed by atoms with Crippen LogP contribution in [0.15, 0.2) is 12.4 Å². The van der Waals surface area contributed by atoms with E-state index in [1.165, 1.54) is 0 Å². The van der Waals surface area contributed by atoms with Gasteiger partial charge in [0, 0.05) is 30.9 Å². The van der Waals surface area contributed by atoms with Crippen molar-refractivity contribution in [3.05, 3.63) is 18.1 Å². The third-order valence-electron chi connectivity index (χ3n) is 4.17. The highest BCUT2D eigenvalue weighted by Crippen LogP contribution is 2.18. The lowest BCUT2D eigenvalue weighted by Gasteiger charge is -2.33. The fourth-order valence-corrected chi connectivity index (χ4v) is 2.76. The van der Waals surface area contributed by atoms with Crippen LogP contribution in [0.1, 0.15) is 45.2 Å². The van der Waals surface area contributed by atoms with E-state index in [9.17, 15) is 4.79 Å². The number of nitrogens with zero attached hydrogens (tertiary/aromatic N) is 3. The SMILES string of the molecule is CCCC(N)C(=O)NC1CCN(c2cc(CC)ncn2)CC1.Cl. The predicted molar refractivity (Wildman–Crippen MR) is 94.9 cm³/mol. The maximum absolute atomic E-state index is 12.0. The Balaban J connectivity index is 0.00000264. The van der Waals surface area contributed by atoms with Gasteiger partial charge < -0.3 is 16.0 Å². The summed E-state index contributed by atoms with van der Waals surface area (Å²) in [5, 5.41) is 3.07. The smallest absolute Gasteiger partial charge is 0.237 e. The molecule has 0 aliphatic carbocycles. The first kappa shape index (κ1) is 19.6. The first-order chi connectivity index (χ1) is 10.6. The van der Waals surface area contributed by atoms with Crippen molar-refractivity contribution in [1.82, 2.24) is 15.3 Å². The number of hydrogen-bond acceptors (Lipinski definition) is 5. The zero-order valence-corrected chi connectivity index (χ0v) is 14.8. The number of nitrogens with one attached hydrogen (secondary N) is 1. The van der Waals surface area contributed by atoms with E-state index >= 15 is 0 Å². The van der Waals surface area contributed by atoms with Crippen LogP contribution in [-0.4, -0.2) is 41.0 Å². The fourth-order valence-electron chi connectivity index (χ4n) is 2.76. The molecule has 3 N–H and O–H groups in total. The molecule has 0 spiro atoms. The topological polar surface area (TPSA) is 84.1 Å². The number of carbonyl (C=O) groups excluding carboxylic acids is 1. The minimum Gasteiger partial charge on any atom is -0.356 e. The highest BCUT2D eigenvalue weighted by atomic mass is 35.5. The normalized spacial score (nSPS) is 16.6. The number of hydrogen-bond donors (Lipinski definition) is 2. The maximum atomic E-state index is 12.0. The summed E-state index contributed by atoms with van der Waals surface area (Å²) in [6.07, 6.45) is 6.07. The van der Waals surface area contributed by atoms with Crippen molar-refractivity contribution < 1.29 is 4.79 Å². The van der Waals surface area contributed by atoms with E-state index in [2.05, 4.69) is 33.2 Å². The van der Waals surface area contributed by atoms with Gasteiger partial charge in [-0.05, 0) is 25.7 Å². The van der Waals surface area contributed by atoms with Gasteiger partial charge in [-0.3, -0.25) is 4.79 Å². The van der Waals surface area contributed by atoms with Gasteiger partial charge in [0.2, 0.25) is 5.91 Å². The molecule has 2 rings (SSSR count). The predicted octanol–water partition coefficient (Wildman–Crippen LogP) is 1.67. The van der Waals surface area contributed by atoms with Crippen molar-refractivity contribution in [2.24, 2.45) is 5.73 Å². The van der Waals surface area contributed by atoms with Crippen LogP contribution in [0.4, 0.5) is 5.82 Å². The molecule has 6 nitrogen and oxygen atoms in total. The Hall–Kier alpha value is -1.40. The number of aromatic nitrogens is 2. The summed E-state index contributed by atoms with van der Waals surface area (Å²) in [6, 6.07) is 1.90. The highest BCUT2D eigenvalue weighted by Gasteiger charge is 2.23. The first-order valence-corrected chi connectivity index (χ1v) is 8.25. The van der Waals surface area contributed by atoms with Gasteiger partial charge in [-0.2, -0.15) is 0 Å². The van der Waals surface area contributed by atoms with Gasteiger partial charge in [0.05, 0.1) is 6.04 Å². The Morgan fingerprint density at radius 3 is 2.70 bits per heavy atom. The lowest BCUT2D eigenvalue weighted by Crippen LogP contribution is -2.49. The van der Waals surface area contributed by atoms with Crippen molar-refractivity contribution in [2.75, 3.05) is 18.0 Å². The Morgan fingerprint density at radius 1 is 1.39 bits per heavy atom. The molecular weight excluding hydrogens is 314 g/mol. The van der Waals surface area contributed by atoms with E-state index in [4.69, 9.17) is 5.73 Å². The standard InChI is InChI=1S/C16H27N5O.ClH/c1-3-5-14(17)16(22)20-13-6-8-21(9-7-13)15-10-12(4-2)18-11-19-15;/h10-11,13-14H,3-9,17H2,1-2H3,(H,20,22);1H. The summed E-state index contributed by atoms with van der Waals surface area (Å²) in [6.45, 7) is 5.92. The van der Waals surface area contributed by atoms with E-state index in [-0.39, 0.29) is 30.4 Å². The molecule has 1 aliphatic rings. The molecule has 1 unspecified atom stereocenters. The Labute approximate surface area is 144 Å². The van der Waals surface area contributed by atoms with Crippen molar-refractivity contribution in [3.63, 3.8) is 0 Å². The zero-order chi connectivity index (χ0) is 15.9. The average Bonchev–Trinajstić information content (AvgIpc) is 2.55. The summed E-state index contributed by atoms with van der Waals surface area (Å²) in [5.41, 5.74) is 6.92. The zero-order valence-electron chi connectivity index (χ0n) is 14.0. The summed E-state index contributed by atoms with van der Waals surface area (Å²) in [4.78, 5) is 22.8. The maximum Gasteiger partial charge on any atom is 0.237 e. The molecule has 1 aromatic rings. The monoisotopic (exact) mass is 341 g/mol. The molecule has 23 heavy (non-hydrogen) atoms. The molecule has 1 fully saturated rings. The number of amides is 1. The number of anilines is 1. The van der Waals surface area contributed by atoms with Gasteiger partial charge in [-0.1, -0.05) is 20.3 Å². The molecular formula is C16H28ClN5O. The van der Waals surface area contributed by atoms with Crippen LogP contribution < -0.4 is 16.0 Å². The number of aryl methyl sites for hydroxylation is 1. The molecule has 2 heterocycles. The van der Waals surface area contributed by atoms with Crippen LogP contribution in [0.5, 0.6) is 0 Å². The highest BCUT2D eigenvalue weighted by molar-refractivity contribution is 5.85. The van der Waals surface area contributed by atoms with Gasteiger partial charge in [-0.25, -0.2) is 9.97 Å². The molecule has 1 atom stereocenters. The number of carbonyl (C=O) groups is 1. The number of halogens is 1. The van der Waals surface area contributed by atoms with E-state index in [0.29, 0.717) is 0 Å². The van der Waals surface area contributed by atoms with Crippen LogP contribution in [0.3, 0.4) is 0 Å². The van der Waals surface area contributed by atoms with Crippen molar-refractivity contribution >= 4 is 24.1 Å². The Bertz CT molecular complexity index is 491.